The van der Waals surface area contributed by atoms with E-state index < -0.39 is 3.79 Å². The molecule has 0 bridgehead atoms. The Morgan fingerprint density at radius 3 is 2.27 bits per heavy atom. The van der Waals surface area contributed by atoms with Crippen LogP contribution in [0.2, 0.25) is 10.0 Å². The maximum absolute atomic E-state index is 6.08. The molecule has 0 saturated heterocycles. The summed E-state index contributed by atoms with van der Waals surface area (Å²) in [5.41, 5.74) is 0.643. The van der Waals surface area contributed by atoms with Crippen molar-refractivity contribution in [1.29, 1.82) is 0 Å². The maximum atomic E-state index is 6.08. The van der Waals surface area contributed by atoms with Gasteiger partial charge in [0.05, 0.1) is 10.0 Å². The molecule has 2 aromatic rings. The van der Waals surface area contributed by atoms with Crippen molar-refractivity contribution in [2.24, 2.45) is 0 Å². The maximum Gasteiger partial charge on any atom is 0.250 e. The van der Waals surface area contributed by atoms with Crippen LogP contribution in [0.1, 0.15) is 19.7 Å². The number of likely N-dealkylation sites (N-methyl/N-ethyl adjacent to an activating group) is 1. The van der Waals surface area contributed by atoms with Gasteiger partial charge in [0.1, 0.15) is 0 Å². The van der Waals surface area contributed by atoms with Crippen LogP contribution in [-0.2, 0) is 3.79 Å². The number of hydrogen-bond acceptors (Lipinski definition) is 5. The van der Waals surface area contributed by atoms with Crippen molar-refractivity contribution in [2.75, 3.05) is 31.5 Å². The van der Waals surface area contributed by atoms with Gasteiger partial charge in [0.25, 0.3) is 0 Å². The molecule has 1 heterocycles. The van der Waals surface area contributed by atoms with Crippen molar-refractivity contribution in [3.05, 3.63) is 34.1 Å². The van der Waals surface area contributed by atoms with Gasteiger partial charge in [-0.25, -0.2) is 4.98 Å². The third-order valence-electron chi connectivity index (χ3n) is 3.67. The summed E-state index contributed by atoms with van der Waals surface area (Å²) in [6.45, 7) is 7.62. The van der Waals surface area contributed by atoms with Crippen molar-refractivity contribution >= 4 is 64.0 Å². The van der Waals surface area contributed by atoms with E-state index >= 15 is 0 Å². The van der Waals surface area contributed by atoms with E-state index in [1.54, 1.807) is 18.2 Å². The molecule has 0 amide bonds. The minimum Gasteiger partial charge on any atom is -0.353 e. The first-order chi connectivity index (χ1) is 12.2. The summed E-state index contributed by atoms with van der Waals surface area (Å²) in [6, 6.07) is 5.05. The lowest BCUT2D eigenvalue weighted by Crippen LogP contribution is -2.29. The first kappa shape index (κ1) is 21.7. The van der Waals surface area contributed by atoms with Gasteiger partial charge in [-0.2, -0.15) is 9.97 Å². The molecule has 1 aromatic carbocycles. The van der Waals surface area contributed by atoms with E-state index in [-0.39, 0.29) is 5.82 Å². The Bertz CT molecular complexity index is 746. The molecule has 0 fully saturated rings. The van der Waals surface area contributed by atoms with Gasteiger partial charge in [-0.15, -0.1) is 0 Å². The summed E-state index contributed by atoms with van der Waals surface area (Å²) in [5.74, 6) is 0.698. The topological polar surface area (TPSA) is 53.9 Å². The molecule has 26 heavy (non-hydrogen) atoms. The highest BCUT2D eigenvalue weighted by Gasteiger charge is 2.28. The van der Waals surface area contributed by atoms with Crippen LogP contribution < -0.4 is 5.32 Å². The number of halogens is 5. The summed E-state index contributed by atoms with van der Waals surface area (Å²) in [4.78, 5) is 15.1. The van der Waals surface area contributed by atoms with Crippen LogP contribution in [0.3, 0.4) is 0 Å². The number of alkyl halides is 3. The first-order valence-corrected chi connectivity index (χ1v) is 9.88. The number of nitrogens with zero attached hydrogens (tertiary/aromatic N) is 4. The molecule has 5 nitrogen and oxygen atoms in total. The Balaban J connectivity index is 2.31. The summed E-state index contributed by atoms with van der Waals surface area (Å²) >= 11 is 30.0. The zero-order chi connectivity index (χ0) is 19.3. The predicted octanol–water partition coefficient (Wildman–Crippen LogP) is 5.43. The fraction of sp³-hybridized carbons (Fsp3) is 0.438. The Hall–Kier alpha value is -0.560. The number of anilines is 1. The average Bonchev–Trinajstić information content (AvgIpc) is 2.60. The zero-order valence-electron chi connectivity index (χ0n) is 14.2. The molecular formula is C16H18Cl5N5. The smallest absolute Gasteiger partial charge is 0.250 e. The molecule has 142 valence electrons. The van der Waals surface area contributed by atoms with Crippen LogP contribution in [0, 0.1) is 0 Å². The van der Waals surface area contributed by atoms with Crippen molar-refractivity contribution < 1.29 is 0 Å². The molecule has 2 rings (SSSR count). The fourth-order valence-corrected chi connectivity index (χ4v) is 2.76. The largest absolute Gasteiger partial charge is 0.353 e. The van der Waals surface area contributed by atoms with Crippen molar-refractivity contribution in [1.82, 2.24) is 19.9 Å². The number of hydrogen-bond donors (Lipinski definition) is 1. The molecule has 1 aromatic heterocycles. The highest BCUT2D eigenvalue weighted by atomic mass is 35.6. The lowest BCUT2D eigenvalue weighted by Gasteiger charge is -2.18. The van der Waals surface area contributed by atoms with Crippen LogP contribution in [0.5, 0.6) is 0 Å². The Labute approximate surface area is 178 Å². The van der Waals surface area contributed by atoms with E-state index in [0.717, 1.165) is 19.6 Å². The molecule has 0 aliphatic rings. The molecular weight excluding hydrogens is 439 g/mol. The monoisotopic (exact) mass is 455 g/mol. The summed E-state index contributed by atoms with van der Waals surface area (Å²) < 4.78 is -1.77. The molecule has 1 N–H and O–H groups in total. The van der Waals surface area contributed by atoms with Crippen molar-refractivity contribution in [2.45, 2.75) is 17.6 Å². The number of aromatic nitrogens is 3. The van der Waals surface area contributed by atoms with Gasteiger partial charge in [0, 0.05) is 18.7 Å². The molecule has 0 spiro atoms. The second kappa shape index (κ2) is 9.58. The second-order valence-electron chi connectivity index (χ2n) is 5.39. The quantitative estimate of drug-likeness (QED) is 0.562. The van der Waals surface area contributed by atoms with Gasteiger partial charge in [0.2, 0.25) is 9.74 Å². The molecule has 0 atom stereocenters. The summed E-state index contributed by atoms with van der Waals surface area (Å²) in [6.07, 6.45) is 0. The Morgan fingerprint density at radius 1 is 1.00 bits per heavy atom. The summed E-state index contributed by atoms with van der Waals surface area (Å²) in [5, 5.41) is 3.97. The van der Waals surface area contributed by atoms with E-state index in [1.165, 1.54) is 0 Å². The summed E-state index contributed by atoms with van der Waals surface area (Å²) in [7, 11) is 0. The molecule has 0 radical (unpaired) electrons. The Morgan fingerprint density at radius 2 is 1.69 bits per heavy atom. The van der Waals surface area contributed by atoms with Gasteiger partial charge in [0.15, 0.2) is 11.6 Å². The number of rotatable bonds is 7. The van der Waals surface area contributed by atoms with Gasteiger partial charge < -0.3 is 10.2 Å². The van der Waals surface area contributed by atoms with Gasteiger partial charge in [-0.3, -0.25) is 0 Å². The Kier molecular flexibility index (Phi) is 8.01. The molecule has 0 aliphatic carbocycles. The van der Waals surface area contributed by atoms with Crippen LogP contribution >= 0.6 is 58.0 Å². The first-order valence-electron chi connectivity index (χ1n) is 7.99. The number of nitrogens with one attached hydrogen (secondary N) is 1. The van der Waals surface area contributed by atoms with E-state index in [9.17, 15) is 0 Å². The van der Waals surface area contributed by atoms with Gasteiger partial charge in [-0.1, -0.05) is 71.9 Å². The third-order valence-corrected chi connectivity index (χ3v) is 4.92. The van der Waals surface area contributed by atoms with Crippen molar-refractivity contribution in [3.8, 4) is 11.4 Å². The minimum atomic E-state index is -1.77. The normalized spacial score (nSPS) is 11.8. The lowest BCUT2D eigenvalue weighted by molar-refractivity contribution is 0.316. The number of benzene rings is 1. The lowest BCUT2D eigenvalue weighted by atomic mass is 10.2. The zero-order valence-corrected chi connectivity index (χ0v) is 18.0. The highest BCUT2D eigenvalue weighted by molar-refractivity contribution is 6.66. The van der Waals surface area contributed by atoms with Gasteiger partial charge in [-0.05, 0) is 31.3 Å². The second-order valence-corrected chi connectivity index (χ2v) is 8.48. The van der Waals surface area contributed by atoms with Crippen LogP contribution in [0.4, 0.5) is 5.95 Å². The SMILES string of the molecule is CCN(CC)CCNc1nc(-c2ccc(Cl)c(Cl)c2)nc(C(Cl)(Cl)Cl)n1. The minimum absolute atomic E-state index is 0.0314. The van der Waals surface area contributed by atoms with E-state index in [0.29, 0.717) is 33.9 Å². The van der Waals surface area contributed by atoms with E-state index in [2.05, 4.69) is 39.0 Å². The molecule has 0 unspecified atom stereocenters. The third kappa shape index (κ3) is 5.98. The van der Waals surface area contributed by atoms with Gasteiger partial charge >= 0.3 is 0 Å². The molecule has 0 aliphatic heterocycles. The molecule has 10 heteroatoms. The van der Waals surface area contributed by atoms with Crippen molar-refractivity contribution in [3.63, 3.8) is 0 Å². The van der Waals surface area contributed by atoms with E-state index in [4.69, 9.17) is 58.0 Å². The average molecular weight is 458 g/mol. The fourth-order valence-electron chi connectivity index (χ4n) is 2.21. The predicted molar refractivity (Wildman–Crippen MR) is 111 cm³/mol. The van der Waals surface area contributed by atoms with Crippen LogP contribution in [0.25, 0.3) is 11.4 Å². The standard InChI is InChI=1S/C16H18Cl5N5/c1-3-26(4-2)8-7-22-15-24-13(23-14(25-15)16(19,20)21)10-5-6-11(17)12(18)9-10/h5-6,9H,3-4,7-8H2,1-2H3,(H,22,23,24,25). The van der Waals surface area contributed by atoms with E-state index in [1.807, 2.05) is 0 Å². The van der Waals surface area contributed by atoms with Crippen LogP contribution in [0.15, 0.2) is 18.2 Å². The molecule has 0 saturated carbocycles. The van der Waals surface area contributed by atoms with Crippen LogP contribution in [-0.4, -0.2) is 46.0 Å². The highest BCUT2D eigenvalue weighted by Crippen LogP contribution is 2.37.